The minimum Gasteiger partial charge on any atom is -0.294 e. The van der Waals surface area contributed by atoms with Gasteiger partial charge in [0.2, 0.25) is 0 Å². The van der Waals surface area contributed by atoms with Crippen molar-refractivity contribution in [1.82, 2.24) is 4.57 Å². The largest absolute Gasteiger partial charge is 0.308 e. The van der Waals surface area contributed by atoms with E-state index in [4.69, 9.17) is 0 Å². The summed E-state index contributed by atoms with van der Waals surface area (Å²) in [5.74, 6) is 0. The smallest absolute Gasteiger partial charge is 0.294 e. The van der Waals surface area contributed by atoms with Gasteiger partial charge in [0.15, 0.2) is 0 Å². The number of nitro groups is 1. The van der Waals surface area contributed by atoms with Crippen LogP contribution in [-0.2, 0) is 16.6 Å². The van der Waals surface area contributed by atoms with Crippen LogP contribution in [0.2, 0.25) is 0 Å². The van der Waals surface area contributed by atoms with Crippen LogP contribution in [0.5, 0.6) is 0 Å². The molecule has 0 spiro atoms. The molecule has 10 heteroatoms. The van der Waals surface area contributed by atoms with E-state index in [0.29, 0.717) is 22.3 Å². The van der Waals surface area contributed by atoms with E-state index in [1.165, 1.54) is 30.3 Å². The molecule has 4 rings (SSSR count). The lowest BCUT2D eigenvalue weighted by Gasteiger charge is -2.11. The van der Waals surface area contributed by atoms with Gasteiger partial charge in [-0.1, -0.05) is 47.7 Å². The molecular weight excluding hydrogens is 438 g/mol. The number of thiazole rings is 1. The fraction of sp³-hybridized carbons (Fsp3) is 0.0952. The van der Waals surface area contributed by atoms with Gasteiger partial charge in [0.25, 0.3) is 15.7 Å². The van der Waals surface area contributed by atoms with Crippen molar-refractivity contribution in [3.63, 3.8) is 0 Å². The van der Waals surface area contributed by atoms with Gasteiger partial charge >= 0.3 is 4.87 Å². The van der Waals surface area contributed by atoms with Crippen molar-refractivity contribution in [2.45, 2.75) is 18.4 Å². The van der Waals surface area contributed by atoms with Gasteiger partial charge in [-0.25, -0.2) is 8.42 Å². The van der Waals surface area contributed by atoms with E-state index in [2.05, 4.69) is 4.72 Å². The van der Waals surface area contributed by atoms with E-state index >= 15 is 0 Å². The SMILES string of the molecule is Cc1ccc([N+](=O)[O-])cc1NS(=O)(=O)c1ccc2c(c1)sc(=O)n2Cc1ccccc1. The van der Waals surface area contributed by atoms with Crippen molar-refractivity contribution in [1.29, 1.82) is 0 Å². The quantitative estimate of drug-likeness (QED) is 0.347. The Morgan fingerprint density at radius 2 is 1.81 bits per heavy atom. The normalized spacial score (nSPS) is 11.5. The van der Waals surface area contributed by atoms with Gasteiger partial charge in [-0.15, -0.1) is 0 Å². The van der Waals surface area contributed by atoms with Crippen molar-refractivity contribution < 1.29 is 13.3 Å². The number of aryl methyl sites for hydroxylation is 1. The fourth-order valence-electron chi connectivity index (χ4n) is 3.17. The third-order valence-corrected chi connectivity index (χ3v) is 7.11. The summed E-state index contributed by atoms with van der Waals surface area (Å²) >= 11 is 0.970. The Labute approximate surface area is 181 Å². The number of hydrogen-bond acceptors (Lipinski definition) is 6. The molecule has 4 aromatic rings. The molecule has 0 bridgehead atoms. The van der Waals surface area contributed by atoms with Gasteiger partial charge in [0.1, 0.15) is 0 Å². The van der Waals surface area contributed by atoms with Gasteiger partial charge < -0.3 is 0 Å². The van der Waals surface area contributed by atoms with Crippen LogP contribution in [0.15, 0.2) is 76.4 Å². The van der Waals surface area contributed by atoms with Crippen molar-refractivity contribution in [2.75, 3.05) is 4.72 Å². The summed E-state index contributed by atoms with van der Waals surface area (Å²) in [6.45, 7) is 2.04. The predicted molar refractivity (Wildman–Crippen MR) is 120 cm³/mol. The number of rotatable bonds is 6. The van der Waals surface area contributed by atoms with Crippen LogP contribution >= 0.6 is 11.3 Å². The Kier molecular flexibility index (Phi) is 5.34. The molecule has 3 aromatic carbocycles. The molecule has 1 aromatic heterocycles. The van der Waals surface area contributed by atoms with Crippen molar-refractivity contribution in [3.05, 3.63) is 97.6 Å². The summed E-state index contributed by atoms with van der Waals surface area (Å²) in [6.07, 6.45) is 0. The molecule has 1 N–H and O–H groups in total. The highest BCUT2D eigenvalue weighted by molar-refractivity contribution is 7.92. The second-order valence-electron chi connectivity index (χ2n) is 6.93. The fourth-order valence-corrected chi connectivity index (χ4v) is 5.32. The summed E-state index contributed by atoms with van der Waals surface area (Å²) in [4.78, 5) is 22.7. The number of fused-ring (bicyclic) bond motifs is 1. The lowest BCUT2D eigenvalue weighted by Crippen LogP contribution is -2.14. The number of benzene rings is 3. The number of nitrogens with zero attached hydrogens (tertiary/aromatic N) is 2. The Balaban J connectivity index is 1.69. The summed E-state index contributed by atoms with van der Waals surface area (Å²) in [7, 11) is -4.01. The van der Waals surface area contributed by atoms with Gasteiger partial charge in [-0.3, -0.25) is 24.2 Å². The number of nitrogens with one attached hydrogen (secondary N) is 1. The first-order valence-corrected chi connectivity index (χ1v) is 11.5. The molecule has 31 heavy (non-hydrogen) atoms. The molecule has 0 amide bonds. The molecule has 0 fully saturated rings. The average molecular weight is 456 g/mol. The highest BCUT2D eigenvalue weighted by Crippen LogP contribution is 2.27. The second-order valence-corrected chi connectivity index (χ2v) is 9.61. The van der Waals surface area contributed by atoms with E-state index in [-0.39, 0.29) is 21.1 Å². The first-order chi connectivity index (χ1) is 14.7. The van der Waals surface area contributed by atoms with Crippen LogP contribution in [0.1, 0.15) is 11.1 Å². The second kappa shape index (κ2) is 7.97. The number of aromatic nitrogens is 1. The molecule has 0 aliphatic carbocycles. The Bertz CT molecular complexity index is 1460. The zero-order valence-corrected chi connectivity index (χ0v) is 17.9. The van der Waals surface area contributed by atoms with Crippen molar-refractivity contribution in [2.24, 2.45) is 0 Å². The molecule has 0 radical (unpaired) electrons. The van der Waals surface area contributed by atoms with Crippen LogP contribution < -0.4 is 9.60 Å². The highest BCUT2D eigenvalue weighted by atomic mass is 32.2. The monoisotopic (exact) mass is 455 g/mol. The third-order valence-electron chi connectivity index (χ3n) is 4.81. The van der Waals surface area contributed by atoms with Crippen LogP contribution in [0, 0.1) is 17.0 Å². The van der Waals surface area contributed by atoms with Gasteiger partial charge in [-0.05, 0) is 36.2 Å². The van der Waals surface area contributed by atoms with E-state index in [9.17, 15) is 23.3 Å². The first kappa shape index (κ1) is 20.8. The first-order valence-electron chi connectivity index (χ1n) is 9.20. The topological polar surface area (TPSA) is 111 Å². The lowest BCUT2D eigenvalue weighted by molar-refractivity contribution is -0.384. The predicted octanol–water partition coefficient (Wildman–Crippen LogP) is 4.13. The summed E-state index contributed by atoms with van der Waals surface area (Å²) in [5, 5.41) is 11.0. The molecule has 0 saturated carbocycles. The number of sulfonamides is 1. The lowest BCUT2D eigenvalue weighted by atomic mass is 10.2. The summed E-state index contributed by atoms with van der Waals surface area (Å²) in [6, 6.07) is 17.9. The average Bonchev–Trinajstić information content (AvgIpc) is 3.04. The summed E-state index contributed by atoms with van der Waals surface area (Å²) < 4.78 is 30.4. The minimum atomic E-state index is -4.01. The zero-order chi connectivity index (χ0) is 22.2. The minimum absolute atomic E-state index is 0.0287. The molecule has 158 valence electrons. The van der Waals surface area contributed by atoms with E-state index in [1.54, 1.807) is 17.6 Å². The van der Waals surface area contributed by atoms with E-state index in [1.807, 2.05) is 30.3 Å². The molecular formula is C21H17N3O5S2. The number of anilines is 1. The molecule has 0 atom stereocenters. The van der Waals surface area contributed by atoms with Crippen LogP contribution in [0.3, 0.4) is 0 Å². The standard InChI is InChI=1S/C21H17N3O5S2/c1-14-7-8-16(24(26)27)11-18(14)22-31(28,29)17-9-10-19-20(12-17)30-21(25)23(19)13-15-5-3-2-4-6-15/h2-12,22H,13H2,1H3. The number of hydrogen-bond donors (Lipinski definition) is 1. The van der Waals surface area contributed by atoms with Crippen LogP contribution in [0.4, 0.5) is 11.4 Å². The molecule has 0 aliphatic rings. The Morgan fingerprint density at radius 1 is 1.06 bits per heavy atom. The molecule has 1 heterocycles. The molecule has 8 nitrogen and oxygen atoms in total. The van der Waals surface area contributed by atoms with E-state index in [0.717, 1.165) is 16.9 Å². The maximum Gasteiger partial charge on any atom is 0.308 e. The van der Waals surface area contributed by atoms with Gasteiger partial charge in [0.05, 0.1) is 32.3 Å². The van der Waals surface area contributed by atoms with E-state index < -0.39 is 14.9 Å². The van der Waals surface area contributed by atoms with Gasteiger partial charge in [0, 0.05) is 12.1 Å². The molecule has 0 saturated heterocycles. The number of non-ortho nitro benzene ring substituents is 1. The maximum absolute atomic E-state index is 12.9. The molecule has 0 unspecified atom stereocenters. The summed E-state index contributed by atoms with van der Waals surface area (Å²) in [5.41, 5.74) is 2.07. The molecule has 0 aliphatic heterocycles. The van der Waals surface area contributed by atoms with Crippen LogP contribution in [-0.4, -0.2) is 17.9 Å². The Hall–Kier alpha value is -3.50. The van der Waals surface area contributed by atoms with Crippen molar-refractivity contribution in [3.8, 4) is 0 Å². The van der Waals surface area contributed by atoms with Crippen LogP contribution in [0.25, 0.3) is 10.2 Å². The van der Waals surface area contributed by atoms with Gasteiger partial charge in [-0.2, -0.15) is 0 Å². The maximum atomic E-state index is 12.9. The Morgan fingerprint density at radius 3 is 2.52 bits per heavy atom. The highest BCUT2D eigenvalue weighted by Gasteiger charge is 2.19. The number of nitro benzene ring substituents is 1. The third kappa shape index (κ3) is 4.21. The zero-order valence-electron chi connectivity index (χ0n) is 16.3. The van der Waals surface area contributed by atoms with Crippen molar-refractivity contribution >= 4 is 43.0 Å².